The van der Waals surface area contributed by atoms with Crippen molar-refractivity contribution in [3.05, 3.63) is 27.8 Å². The van der Waals surface area contributed by atoms with Crippen molar-refractivity contribution in [3.63, 3.8) is 0 Å². The number of nitrogens with one attached hydrogen (secondary N) is 1. The fourth-order valence-electron chi connectivity index (χ4n) is 2.10. The smallest absolute Gasteiger partial charge is 0.277 e. The molecule has 0 atom stereocenters. The van der Waals surface area contributed by atoms with Gasteiger partial charge in [0.1, 0.15) is 5.75 Å². The van der Waals surface area contributed by atoms with Gasteiger partial charge in [0, 0.05) is 9.28 Å². The summed E-state index contributed by atoms with van der Waals surface area (Å²) in [5.74, 6) is 0.489. The van der Waals surface area contributed by atoms with Crippen molar-refractivity contribution in [3.8, 4) is 5.75 Å². The summed E-state index contributed by atoms with van der Waals surface area (Å²) >= 11 is 2.23. The molecule has 1 aliphatic carbocycles. The zero-order valence-electron chi connectivity index (χ0n) is 11.4. The standard InChI is InChI=1S/C15H19IN2O2/c16-12-7-9-14(10-8-12)20-11-15(19)18-17-13-5-3-1-2-4-6-13/h7-10H,1-6,11H2,(H,18,19). The maximum atomic E-state index is 11.7. The summed E-state index contributed by atoms with van der Waals surface area (Å²) in [4.78, 5) is 11.7. The van der Waals surface area contributed by atoms with E-state index in [2.05, 4.69) is 33.1 Å². The van der Waals surface area contributed by atoms with Crippen LogP contribution in [0.4, 0.5) is 0 Å². The highest BCUT2D eigenvalue weighted by Gasteiger charge is 2.07. The van der Waals surface area contributed by atoms with E-state index in [9.17, 15) is 4.79 Å². The molecule has 1 fully saturated rings. The Labute approximate surface area is 133 Å². The van der Waals surface area contributed by atoms with E-state index in [0.29, 0.717) is 5.75 Å². The summed E-state index contributed by atoms with van der Waals surface area (Å²) in [6.07, 6.45) is 6.88. The molecular weight excluding hydrogens is 367 g/mol. The lowest BCUT2D eigenvalue weighted by Crippen LogP contribution is -2.25. The van der Waals surface area contributed by atoms with Gasteiger partial charge in [-0.1, -0.05) is 12.8 Å². The second-order valence-electron chi connectivity index (χ2n) is 4.87. The van der Waals surface area contributed by atoms with E-state index in [4.69, 9.17) is 4.74 Å². The van der Waals surface area contributed by atoms with Gasteiger partial charge in [-0.15, -0.1) is 0 Å². The molecule has 1 aliphatic rings. The van der Waals surface area contributed by atoms with Gasteiger partial charge < -0.3 is 4.74 Å². The fourth-order valence-corrected chi connectivity index (χ4v) is 2.46. The Balaban J connectivity index is 1.74. The van der Waals surface area contributed by atoms with E-state index < -0.39 is 0 Å². The minimum atomic E-state index is -0.208. The Bertz CT molecular complexity index is 461. The molecule has 0 radical (unpaired) electrons. The van der Waals surface area contributed by atoms with Gasteiger partial charge in [-0.05, 0) is 72.5 Å². The van der Waals surface area contributed by atoms with Crippen molar-refractivity contribution in [2.24, 2.45) is 5.10 Å². The third-order valence-corrected chi connectivity index (χ3v) is 3.92. The fraction of sp³-hybridized carbons (Fsp3) is 0.467. The molecule has 0 aromatic heterocycles. The van der Waals surface area contributed by atoms with Gasteiger partial charge in [-0.25, -0.2) is 5.43 Å². The van der Waals surface area contributed by atoms with E-state index in [1.165, 1.54) is 25.7 Å². The number of ether oxygens (including phenoxy) is 1. The van der Waals surface area contributed by atoms with E-state index >= 15 is 0 Å². The van der Waals surface area contributed by atoms with Crippen molar-refractivity contribution in [1.29, 1.82) is 0 Å². The summed E-state index contributed by atoms with van der Waals surface area (Å²) in [5.41, 5.74) is 3.69. The summed E-state index contributed by atoms with van der Waals surface area (Å²) in [6, 6.07) is 7.59. The van der Waals surface area contributed by atoms with Gasteiger partial charge in [-0.3, -0.25) is 4.79 Å². The first kappa shape index (κ1) is 15.3. The number of nitrogens with zero attached hydrogens (tertiary/aromatic N) is 1. The average molecular weight is 386 g/mol. The minimum absolute atomic E-state index is 0.00261. The Morgan fingerprint density at radius 3 is 2.45 bits per heavy atom. The van der Waals surface area contributed by atoms with E-state index in [0.717, 1.165) is 22.1 Å². The van der Waals surface area contributed by atoms with Crippen LogP contribution in [0.15, 0.2) is 29.4 Å². The number of hydrogen-bond donors (Lipinski definition) is 1. The average Bonchev–Trinajstić information content (AvgIpc) is 2.73. The number of carbonyl (C=O) groups excluding carboxylic acids is 1. The summed E-state index contributed by atoms with van der Waals surface area (Å²) in [6.45, 7) is -0.00261. The van der Waals surface area contributed by atoms with Crippen molar-refractivity contribution in [2.45, 2.75) is 38.5 Å². The SMILES string of the molecule is O=C(COc1ccc(I)cc1)NN=C1CCCCCC1. The van der Waals surface area contributed by atoms with Crippen LogP contribution in [0.3, 0.4) is 0 Å². The summed E-state index contributed by atoms with van der Waals surface area (Å²) in [7, 11) is 0. The molecule has 0 bridgehead atoms. The van der Waals surface area contributed by atoms with Crippen LogP contribution < -0.4 is 10.2 Å². The molecule has 1 aromatic rings. The molecule has 1 saturated carbocycles. The van der Waals surface area contributed by atoms with Crippen molar-refractivity contribution < 1.29 is 9.53 Å². The molecule has 1 amide bonds. The minimum Gasteiger partial charge on any atom is -0.484 e. The Morgan fingerprint density at radius 2 is 1.80 bits per heavy atom. The van der Waals surface area contributed by atoms with E-state index in [1.54, 1.807) is 0 Å². The first-order chi connectivity index (χ1) is 9.74. The van der Waals surface area contributed by atoms with Gasteiger partial charge in [0.25, 0.3) is 5.91 Å². The zero-order chi connectivity index (χ0) is 14.2. The number of hydrazone groups is 1. The highest BCUT2D eigenvalue weighted by molar-refractivity contribution is 14.1. The third kappa shape index (κ3) is 5.48. The first-order valence-corrected chi connectivity index (χ1v) is 8.04. The normalized spacial score (nSPS) is 15.3. The molecule has 0 heterocycles. The highest BCUT2D eigenvalue weighted by atomic mass is 127. The number of amides is 1. The molecule has 5 heteroatoms. The second kappa shape index (κ2) is 8.24. The quantitative estimate of drug-likeness (QED) is 0.489. The van der Waals surface area contributed by atoms with Crippen LogP contribution in [0.5, 0.6) is 5.75 Å². The lowest BCUT2D eigenvalue weighted by molar-refractivity contribution is -0.123. The molecule has 2 rings (SSSR count). The molecule has 1 aromatic carbocycles. The van der Waals surface area contributed by atoms with Crippen LogP contribution in [-0.2, 0) is 4.79 Å². The first-order valence-electron chi connectivity index (χ1n) is 6.97. The Kier molecular flexibility index (Phi) is 6.29. The summed E-state index contributed by atoms with van der Waals surface area (Å²) < 4.78 is 6.54. The number of halogens is 1. The zero-order valence-corrected chi connectivity index (χ0v) is 13.6. The van der Waals surface area contributed by atoms with Gasteiger partial charge in [0.05, 0.1) is 0 Å². The van der Waals surface area contributed by atoms with Crippen molar-refractivity contribution >= 4 is 34.2 Å². The summed E-state index contributed by atoms with van der Waals surface area (Å²) in [5, 5.41) is 4.21. The molecule has 1 N–H and O–H groups in total. The van der Waals surface area contributed by atoms with Crippen molar-refractivity contribution in [2.75, 3.05) is 6.61 Å². The van der Waals surface area contributed by atoms with E-state index in [1.807, 2.05) is 24.3 Å². The van der Waals surface area contributed by atoms with Gasteiger partial charge >= 0.3 is 0 Å². The Morgan fingerprint density at radius 1 is 1.15 bits per heavy atom. The van der Waals surface area contributed by atoms with Gasteiger partial charge in [0.15, 0.2) is 6.61 Å². The molecule has 20 heavy (non-hydrogen) atoms. The van der Waals surface area contributed by atoms with Crippen LogP contribution in [-0.4, -0.2) is 18.2 Å². The predicted molar refractivity (Wildman–Crippen MR) is 87.9 cm³/mol. The largest absolute Gasteiger partial charge is 0.484 e. The molecule has 0 saturated heterocycles. The highest BCUT2D eigenvalue weighted by Crippen LogP contribution is 2.15. The topological polar surface area (TPSA) is 50.7 Å². The number of carbonyl (C=O) groups is 1. The molecule has 0 unspecified atom stereocenters. The monoisotopic (exact) mass is 386 g/mol. The van der Waals surface area contributed by atoms with E-state index in [-0.39, 0.29) is 12.5 Å². The Hall–Kier alpha value is -1.11. The van der Waals surface area contributed by atoms with Crippen LogP contribution in [0, 0.1) is 3.57 Å². The van der Waals surface area contributed by atoms with Crippen LogP contribution in [0.2, 0.25) is 0 Å². The second-order valence-corrected chi connectivity index (χ2v) is 6.12. The maximum Gasteiger partial charge on any atom is 0.277 e. The maximum absolute atomic E-state index is 11.7. The molecule has 0 spiro atoms. The number of benzene rings is 1. The molecular formula is C15H19IN2O2. The van der Waals surface area contributed by atoms with Crippen molar-refractivity contribution in [1.82, 2.24) is 5.43 Å². The van der Waals surface area contributed by atoms with Crippen LogP contribution >= 0.6 is 22.6 Å². The third-order valence-electron chi connectivity index (χ3n) is 3.20. The van der Waals surface area contributed by atoms with Crippen LogP contribution in [0.1, 0.15) is 38.5 Å². The van der Waals surface area contributed by atoms with Gasteiger partial charge in [0.2, 0.25) is 0 Å². The predicted octanol–water partition coefficient (Wildman–Crippen LogP) is 3.50. The molecule has 0 aliphatic heterocycles. The molecule has 4 nitrogen and oxygen atoms in total. The van der Waals surface area contributed by atoms with Gasteiger partial charge in [-0.2, -0.15) is 5.10 Å². The lowest BCUT2D eigenvalue weighted by Gasteiger charge is -2.06. The van der Waals surface area contributed by atoms with Crippen LogP contribution in [0.25, 0.3) is 0 Å². The number of rotatable bonds is 4. The lowest BCUT2D eigenvalue weighted by atomic mass is 10.2. The number of hydrogen-bond acceptors (Lipinski definition) is 3. The molecule has 108 valence electrons.